The first kappa shape index (κ1) is 21.3. The van der Waals surface area contributed by atoms with Gasteiger partial charge in [0.25, 0.3) is 0 Å². The van der Waals surface area contributed by atoms with Crippen LogP contribution in [0.15, 0.2) is 46.0 Å². The lowest BCUT2D eigenvalue weighted by atomic mass is 10.2. The van der Waals surface area contributed by atoms with Gasteiger partial charge in [-0.2, -0.15) is 0 Å². The molecule has 0 radical (unpaired) electrons. The molecule has 2 aromatic rings. The van der Waals surface area contributed by atoms with Gasteiger partial charge in [0.1, 0.15) is 18.1 Å². The van der Waals surface area contributed by atoms with Crippen molar-refractivity contribution in [1.29, 1.82) is 0 Å². The number of ether oxygens (including phenoxy) is 2. The molecule has 0 aliphatic carbocycles. The van der Waals surface area contributed by atoms with Gasteiger partial charge in [0, 0.05) is 44.4 Å². The van der Waals surface area contributed by atoms with E-state index in [1.165, 1.54) is 0 Å². The van der Waals surface area contributed by atoms with Gasteiger partial charge in [0.2, 0.25) is 0 Å². The highest BCUT2D eigenvalue weighted by molar-refractivity contribution is 6.30. The highest BCUT2D eigenvalue weighted by Crippen LogP contribution is 2.33. The van der Waals surface area contributed by atoms with Crippen LogP contribution in [0.3, 0.4) is 0 Å². The Morgan fingerprint density at radius 3 is 3.03 bits per heavy atom. The van der Waals surface area contributed by atoms with E-state index in [0.29, 0.717) is 24.3 Å². The maximum absolute atomic E-state index is 6.18. The maximum atomic E-state index is 6.18. The van der Waals surface area contributed by atoms with E-state index in [4.69, 9.17) is 25.5 Å². The van der Waals surface area contributed by atoms with Crippen LogP contribution in [-0.2, 0) is 11.3 Å². The molecule has 1 fully saturated rings. The van der Waals surface area contributed by atoms with Crippen LogP contribution >= 0.6 is 11.6 Å². The van der Waals surface area contributed by atoms with Crippen LogP contribution in [-0.4, -0.2) is 52.4 Å². The molecule has 158 valence electrons. The molecule has 1 unspecified atom stereocenters. The standard InChI is InChI=1S/C21H29ClN4O3/c1-23-21(24-9-4-11-28-15-18-5-3-12-29-18)25-17-8-10-26(14-17)19-13-16(22)6-7-20(19)27-2/h3,5-7,12-13,17H,4,8-11,14-15H2,1-2H3,(H2,23,24,25). The first-order valence-electron chi connectivity index (χ1n) is 9.85. The van der Waals surface area contributed by atoms with Crippen molar-refractivity contribution in [2.75, 3.05) is 45.3 Å². The number of anilines is 1. The second kappa shape index (κ2) is 11.0. The third kappa shape index (κ3) is 6.30. The fourth-order valence-corrected chi connectivity index (χ4v) is 3.51. The Morgan fingerprint density at radius 2 is 2.28 bits per heavy atom. The van der Waals surface area contributed by atoms with Crippen LogP contribution in [0.2, 0.25) is 5.02 Å². The van der Waals surface area contributed by atoms with E-state index in [1.54, 1.807) is 20.4 Å². The lowest BCUT2D eigenvalue weighted by molar-refractivity contribution is 0.105. The number of hydrogen-bond donors (Lipinski definition) is 2. The van der Waals surface area contributed by atoms with Crippen LogP contribution in [0.25, 0.3) is 0 Å². The first-order chi connectivity index (χ1) is 14.2. The van der Waals surface area contributed by atoms with Crippen molar-refractivity contribution in [2.45, 2.75) is 25.5 Å². The molecular formula is C21H29ClN4O3. The van der Waals surface area contributed by atoms with Gasteiger partial charge in [0.15, 0.2) is 5.96 Å². The van der Waals surface area contributed by atoms with E-state index in [-0.39, 0.29) is 0 Å². The number of halogens is 1. The minimum atomic E-state index is 0.306. The summed E-state index contributed by atoms with van der Waals surface area (Å²) in [7, 11) is 3.47. The molecule has 0 bridgehead atoms. The van der Waals surface area contributed by atoms with Crippen molar-refractivity contribution in [2.24, 2.45) is 4.99 Å². The molecule has 0 amide bonds. The van der Waals surface area contributed by atoms with E-state index < -0.39 is 0 Å². The number of nitrogens with zero attached hydrogens (tertiary/aromatic N) is 2. The van der Waals surface area contributed by atoms with E-state index in [1.807, 2.05) is 30.3 Å². The average molecular weight is 421 g/mol. The minimum Gasteiger partial charge on any atom is -0.495 e. The van der Waals surface area contributed by atoms with Crippen molar-refractivity contribution in [3.8, 4) is 5.75 Å². The molecule has 0 spiro atoms. The van der Waals surface area contributed by atoms with Gasteiger partial charge >= 0.3 is 0 Å². The fraction of sp³-hybridized carbons (Fsp3) is 0.476. The molecule has 8 heteroatoms. The molecule has 1 aliphatic heterocycles. The third-order valence-electron chi connectivity index (χ3n) is 4.82. The summed E-state index contributed by atoms with van der Waals surface area (Å²) in [6, 6.07) is 9.79. The van der Waals surface area contributed by atoms with E-state index in [2.05, 4.69) is 20.5 Å². The second-order valence-corrected chi connectivity index (χ2v) is 7.31. The summed E-state index contributed by atoms with van der Waals surface area (Å²) >= 11 is 6.18. The highest BCUT2D eigenvalue weighted by atomic mass is 35.5. The largest absolute Gasteiger partial charge is 0.495 e. The molecule has 1 saturated heterocycles. The Kier molecular flexibility index (Phi) is 8.07. The Morgan fingerprint density at radius 1 is 1.38 bits per heavy atom. The van der Waals surface area contributed by atoms with E-state index >= 15 is 0 Å². The molecule has 1 aromatic carbocycles. The summed E-state index contributed by atoms with van der Waals surface area (Å²) in [4.78, 5) is 6.62. The smallest absolute Gasteiger partial charge is 0.191 e. The van der Waals surface area contributed by atoms with Crippen LogP contribution in [0.4, 0.5) is 5.69 Å². The molecule has 29 heavy (non-hydrogen) atoms. The van der Waals surface area contributed by atoms with E-state index in [9.17, 15) is 0 Å². The van der Waals surface area contributed by atoms with E-state index in [0.717, 1.165) is 55.6 Å². The van der Waals surface area contributed by atoms with Gasteiger partial charge in [0.05, 0.1) is 19.1 Å². The summed E-state index contributed by atoms with van der Waals surface area (Å²) in [5.74, 6) is 2.49. The van der Waals surface area contributed by atoms with Crippen molar-refractivity contribution >= 4 is 23.2 Å². The molecule has 0 saturated carbocycles. The second-order valence-electron chi connectivity index (χ2n) is 6.88. The highest BCUT2D eigenvalue weighted by Gasteiger charge is 2.25. The summed E-state index contributed by atoms with van der Waals surface area (Å²) in [5, 5.41) is 7.56. The number of aliphatic imine (C=N–C) groups is 1. The summed E-state index contributed by atoms with van der Waals surface area (Å²) in [6.45, 7) is 3.76. The van der Waals surface area contributed by atoms with Crippen LogP contribution in [0.1, 0.15) is 18.6 Å². The minimum absolute atomic E-state index is 0.306. The number of rotatable bonds is 9. The topological polar surface area (TPSA) is 71.3 Å². The Labute approximate surface area is 177 Å². The number of guanidine groups is 1. The zero-order valence-electron chi connectivity index (χ0n) is 17.0. The lowest BCUT2D eigenvalue weighted by Crippen LogP contribution is -2.45. The van der Waals surface area contributed by atoms with Gasteiger partial charge in [-0.15, -0.1) is 0 Å². The normalized spacial score (nSPS) is 16.9. The molecule has 7 nitrogen and oxygen atoms in total. The predicted octanol–water partition coefficient (Wildman–Crippen LogP) is 3.29. The van der Waals surface area contributed by atoms with Crippen molar-refractivity contribution in [1.82, 2.24) is 10.6 Å². The molecule has 1 atom stereocenters. The Hall–Kier alpha value is -2.38. The lowest BCUT2D eigenvalue weighted by Gasteiger charge is -2.22. The van der Waals surface area contributed by atoms with Crippen LogP contribution in [0, 0.1) is 0 Å². The molecule has 1 aromatic heterocycles. The number of hydrogen-bond acceptors (Lipinski definition) is 5. The summed E-state index contributed by atoms with van der Waals surface area (Å²) < 4.78 is 16.3. The molecule has 3 rings (SSSR count). The van der Waals surface area contributed by atoms with Crippen LogP contribution < -0.4 is 20.3 Å². The van der Waals surface area contributed by atoms with Gasteiger partial charge in [-0.3, -0.25) is 4.99 Å². The van der Waals surface area contributed by atoms with Crippen molar-refractivity contribution in [3.05, 3.63) is 47.4 Å². The number of methoxy groups -OCH3 is 1. The zero-order chi connectivity index (χ0) is 20.5. The Balaban J connectivity index is 1.38. The number of benzene rings is 1. The van der Waals surface area contributed by atoms with Crippen molar-refractivity contribution in [3.63, 3.8) is 0 Å². The predicted molar refractivity (Wildman–Crippen MR) is 116 cm³/mol. The SMILES string of the molecule is CN=C(NCCCOCc1ccco1)NC1CCN(c2cc(Cl)ccc2OC)C1. The Bertz CT molecular complexity index is 782. The average Bonchev–Trinajstić information content (AvgIpc) is 3.41. The first-order valence-corrected chi connectivity index (χ1v) is 10.2. The van der Waals surface area contributed by atoms with Crippen LogP contribution in [0.5, 0.6) is 5.75 Å². The number of nitrogens with one attached hydrogen (secondary N) is 2. The fourth-order valence-electron chi connectivity index (χ4n) is 3.34. The molecule has 1 aliphatic rings. The third-order valence-corrected chi connectivity index (χ3v) is 5.05. The monoisotopic (exact) mass is 420 g/mol. The number of furan rings is 1. The molecule has 2 N–H and O–H groups in total. The van der Waals surface area contributed by atoms with Crippen molar-refractivity contribution < 1.29 is 13.9 Å². The summed E-state index contributed by atoms with van der Waals surface area (Å²) in [5.41, 5.74) is 1.03. The molecule has 2 heterocycles. The van der Waals surface area contributed by atoms with Gasteiger partial charge in [-0.25, -0.2) is 0 Å². The van der Waals surface area contributed by atoms with Gasteiger partial charge < -0.3 is 29.4 Å². The maximum Gasteiger partial charge on any atom is 0.191 e. The quantitative estimate of drug-likeness (QED) is 0.368. The van der Waals surface area contributed by atoms with Gasteiger partial charge in [-0.05, 0) is 43.2 Å². The zero-order valence-corrected chi connectivity index (χ0v) is 17.7. The summed E-state index contributed by atoms with van der Waals surface area (Å²) in [6.07, 6.45) is 3.56. The molecular weight excluding hydrogens is 392 g/mol. The van der Waals surface area contributed by atoms with Gasteiger partial charge in [-0.1, -0.05) is 11.6 Å².